The highest BCUT2D eigenvalue weighted by Crippen LogP contribution is 2.38. The van der Waals surface area contributed by atoms with E-state index in [0.29, 0.717) is 12.8 Å². The van der Waals surface area contributed by atoms with Crippen LogP contribution in [0.4, 0.5) is 8.78 Å². The monoisotopic (exact) mass is 286 g/mol. The molecule has 1 aromatic rings. The Bertz CT molecular complexity index is 502. The topological polar surface area (TPSA) is 72.3 Å². The zero-order valence-corrected chi connectivity index (χ0v) is 11.1. The molecule has 1 saturated carbocycles. The van der Waals surface area contributed by atoms with Crippen LogP contribution in [0.3, 0.4) is 0 Å². The van der Waals surface area contributed by atoms with Gasteiger partial charge in [0.1, 0.15) is 16.9 Å². The molecule has 110 valence electrons. The average Bonchev–Trinajstić information content (AvgIpc) is 2.47. The summed E-state index contributed by atoms with van der Waals surface area (Å²) in [6.45, 7) is 0. The number of carboxylic acids is 1. The third-order valence-electron chi connectivity index (χ3n) is 3.71. The first-order valence-electron chi connectivity index (χ1n) is 6.44. The van der Waals surface area contributed by atoms with E-state index in [1.54, 1.807) is 0 Å². The second kappa shape index (κ2) is 5.78. The van der Waals surface area contributed by atoms with E-state index in [4.69, 9.17) is 9.84 Å². The van der Waals surface area contributed by atoms with Crippen LogP contribution in [0.5, 0.6) is 0 Å². The molecule has 1 aliphatic rings. The van der Waals surface area contributed by atoms with E-state index in [9.17, 15) is 13.6 Å². The van der Waals surface area contributed by atoms with Crippen molar-refractivity contribution < 1.29 is 23.4 Å². The van der Waals surface area contributed by atoms with Crippen molar-refractivity contribution in [3.8, 4) is 0 Å². The number of hydrogen-bond acceptors (Lipinski definition) is 4. The molecule has 0 atom stereocenters. The number of alkyl halides is 2. The van der Waals surface area contributed by atoms with Crippen LogP contribution in [-0.2, 0) is 10.3 Å². The molecule has 1 heterocycles. The van der Waals surface area contributed by atoms with Gasteiger partial charge in [-0.3, -0.25) is 0 Å². The SMILES string of the molecule is COC1(c2ncc(C(=O)O)c(C(F)F)n2)CCCCC1. The lowest BCUT2D eigenvalue weighted by atomic mass is 9.84. The second-order valence-electron chi connectivity index (χ2n) is 4.86. The minimum atomic E-state index is -2.96. The summed E-state index contributed by atoms with van der Waals surface area (Å²) in [6, 6.07) is 0. The zero-order chi connectivity index (χ0) is 14.8. The van der Waals surface area contributed by atoms with Gasteiger partial charge in [0, 0.05) is 13.3 Å². The number of methoxy groups -OCH3 is 1. The van der Waals surface area contributed by atoms with E-state index in [2.05, 4.69) is 9.97 Å². The van der Waals surface area contributed by atoms with Crippen molar-refractivity contribution in [2.45, 2.75) is 44.1 Å². The van der Waals surface area contributed by atoms with Crippen LogP contribution in [0.1, 0.15) is 60.4 Å². The van der Waals surface area contributed by atoms with Crippen LogP contribution in [-0.4, -0.2) is 28.2 Å². The van der Waals surface area contributed by atoms with Crippen molar-refractivity contribution in [2.75, 3.05) is 7.11 Å². The van der Waals surface area contributed by atoms with Gasteiger partial charge < -0.3 is 9.84 Å². The molecular formula is C13H16F2N2O3. The van der Waals surface area contributed by atoms with Crippen LogP contribution in [0.2, 0.25) is 0 Å². The normalized spacial score (nSPS) is 18.2. The number of aromatic nitrogens is 2. The molecule has 0 unspecified atom stereocenters. The molecule has 0 saturated heterocycles. The Morgan fingerprint density at radius 1 is 1.40 bits per heavy atom. The Labute approximate surface area is 115 Å². The van der Waals surface area contributed by atoms with Gasteiger partial charge >= 0.3 is 5.97 Å². The summed E-state index contributed by atoms with van der Waals surface area (Å²) in [6.07, 6.45) is 2.16. The van der Waals surface area contributed by atoms with Crippen LogP contribution in [0.25, 0.3) is 0 Å². The number of halogens is 2. The molecule has 1 aliphatic carbocycles. The van der Waals surface area contributed by atoms with E-state index >= 15 is 0 Å². The van der Waals surface area contributed by atoms with Gasteiger partial charge in [0.2, 0.25) is 0 Å². The van der Waals surface area contributed by atoms with Crippen molar-refractivity contribution in [1.29, 1.82) is 0 Å². The Morgan fingerprint density at radius 2 is 2.05 bits per heavy atom. The first-order valence-corrected chi connectivity index (χ1v) is 6.44. The first kappa shape index (κ1) is 14.8. The molecule has 0 spiro atoms. The maximum atomic E-state index is 13.0. The second-order valence-corrected chi connectivity index (χ2v) is 4.86. The van der Waals surface area contributed by atoms with Gasteiger partial charge in [0.05, 0.1) is 0 Å². The van der Waals surface area contributed by atoms with Gasteiger partial charge in [-0.05, 0) is 12.8 Å². The Kier molecular flexibility index (Phi) is 4.27. The number of hydrogen-bond donors (Lipinski definition) is 1. The Hall–Kier alpha value is -1.63. The summed E-state index contributed by atoms with van der Waals surface area (Å²) < 4.78 is 31.4. The van der Waals surface area contributed by atoms with Crippen LogP contribution in [0.15, 0.2) is 6.20 Å². The van der Waals surface area contributed by atoms with Crippen LogP contribution < -0.4 is 0 Å². The number of ether oxygens (including phenoxy) is 1. The molecule has 7 heteroatoms. The Morgan fingerprint density at radius 3 is 2.55 bits per heavy atom. The predicted octanol–water partition coefficient (Wildman–Crippen LogP) is 2.92. The van der Waals surface area contributed by atoms with Crippen molar-refractivity contribution >= 4 is 5.97 Å². The third kappa shape index (κ3) is 2.63. The third-order valence-corrected chi connectivity index (χ3v) is 3.71. The van der Waals surface area contributed by atoms with Crippen LogP contribution in [0, 0.1) is 0 Å². The fourth-order valence-corrected chi connectivity index (χ4v) is 2.59. The zero-order valence-electron chi connectivity index (χ0n) is 11.1. The molecule has 20 heavy (non-hydrogen) atoms. The highest BCUT2D eigenvalue weighted by Gasteiger charge is 2.38. The number of aromatic carboxylic acids is 1. The van der Waals surface area contributed by atoms with Crippen molar-refractivity contribution in [3.63, 3.8) is 0 Å². The first-order chi connectivity index (χ1) is 9.50. The summed E-state index contributed by atoms with van der Waals surface area (Å²) in [4.78, 5) is 18.7. The lowest BCUT2D eigenvalue weighted by molar-refractivity contribution is -0.0520. The largest absolute Gasteiger partial charge is 0.478 e. The molecule has 0 bridgehead atoms. The van der Waals surface area contributed by atoms with Gasteiger partial charge in [-0.1, -0.05) is 19.3 Å². The maximum absolute atomic E-state index is 13.0. The van der Waals surface area contributed by atoms with E-state index in [-0.39, 0.29) is 5.82 Å². The standard InChI is InChI=1S/C13H16F2N2O3/c1-20-13(5-3-2-4-6-13)12-16-7-8(11(18)19)9(17-12)10(14)15/h7,10H,2-6H2,1H3,(H,18,19). The van der Waals surface area contributed by atoms with Gasteiger partial charge in [-0.25, -0.2) is 23.5 Å². The fourth-order valence-electron chi connectivity index (χ4n) is 2.59. The van der Waals surface area contributed by atoms with Crippen LogP contribution >= 0.6 is 0 Å². The molecule has 0 aliphatic heterocycles. The number of carbonyl (C=O) groups is 1. The highest BCUT2D eigenvalue weighted by atomic mass is 19.3. The quantitative estimate of drug-likeness (QED) is 0.921. The lowest BCUT2D eigenvalue weighted by Crippen LogP contribution is -2.34. The molecule has 2 rings (SSSR count). The number of carboxylic acid groups (broad SMARTS) is 1. The minimum absolute atomic E-state index is 0.153. The number of nitrogens with zero attached hydrogens (tertiary/aromatic N) is 2. The molecule has 0 radical (unpaired) electrons. The van der Waals surface area contributed by atoms with Crippen molar-refractivity contribution in [1.82, 2.24) is 9.97 Å². The fraction of sp³-hybridized carbons (Fsp3) is 0.615. The van der Waals surface area contributed by atoms with Gasteiger partial charge in [0.25, 0.3) is 6.43 Å². The van der Waals surface area contributed by atoms with Crippen molar-refractivity contribution in [3.05, 3.63) is 23.3 Å². The molecule has 0 aromatic carbocycles. The van der Waals surface area contributed by atoms with Gasteiger partial charge in [0.15, 0.2) is 5.82 Å². The smallest absolute Gasteiger partial charge is 0.339 e. The summed E-state index contributed by atoms with van der Waals surface area (Å²) in [5.41, 5.74) is -2.09. The molecule has 1 aromatic heterocycles. The van der Waals surface area contributed by atoms with E-state index in [1.165, 1.54) is 7.11 Å². The molecule has 1 fully saturated rings. The summed E-state index contributed by atoms with van der Waals surface area (Å²) in [7, 11) is 1.50. The summed E-state index contributed by atoms with van der Waals surface area (Å²) >= 11 is 0. The molecule has 0 amide bonds. The molecule has 1 N–H and O–H groups in total. The van der Waals surface area contributed by atoms with E-state index in [1.807, 2.05) is 0 Å². The Balaban J connectivity index is 2.46. The van der Waals surface area contributed by atoms with Gasteiger partial charge in [-0.15, -0.1) is 0 Å². The van der Waals surface area contributed by atoms with E-state index in [0.717, 1.165) is 25.5 Å². The van der Waals surface area contributed by atoms with Gasteiger partial charge in [-0.2, -0.15) is 0 Å². The average molecular weight is 286 g/mol. The predicted molar refractivity (Wildman–Crippen MR) is 65.7 cm³/mol. The lowest BCUT2D eigenvalue weighted by Gasteiger charge is -2.34. The van der Waals surface area contributed by atoms with Crippen molar-refractivity contribution in [2.24, 2.45) is 0 Å². The summed E-state index contributed by atoms with van der Waals surface area (Å²) in [5, 5.41) is 8.89. The highest BCUT2D eigenvalue weighted by molar-refractivity contribution is 5.88. The minimum Gasteiger partial charge on any atom is -0.478 e. The summed E-state index contributed by atoms with van der Waals surface area (Å²) in [5.74, 6) is -1.30. The molecular weight excluding hydrogens is 270 g/mol. The maximum Gasteiger partial charge on any atom is 0.339 e. The van der Waals surface area contributed by atoms with E-state index < -0.39 is 29.3 Å². The molecule has 5 nitrogen and oxygen atoms in total. The number of rotatable bonds is 4.